The third-order valence-corrected chi connectivity index (χ3v) is 4.92. The van der Waals surface area contributed by atoms with Crippen molar-refractivity contribution in [3.05, 3.63) is 22.2 Å². The average molecular weight is 352 g/mol. The van der Waals surface area contributed by atoms with Gasteiger partial charge in [-0.2, -0.15) is 0 Å². The zero-order valence-corrected chi connectivity index (χ0v) is 13.9. The summed E-state index contributed by atoms with van der Waals surface area (Å²) in [5.41, 5.74) is 8.44. The van der Waals surface area contributed by atoms with Gasteiger partial charge in [-0.05, 0) is 55.3 Å². The molecule has 0 spiro atoms. The van der Waals surface area contributed by atoms with Crippen LogP contribution in [0.25, 0.3) is 11.4 Å². The van der Waals surface area contributed by atoms with Gasteiger partial charge in [0.25, 0.3) is 0 Å². The fraction of sp³-hybridized carbons (Fsp3) is 0.500. The highest BCUT2D eigenvalue weighted by molar-refractivity contribution is 9.10. The van der Waals surface area contributed by atoms with Gasteiger partial charge in [0.2, 0.25) is 0 Å². The Bertz CT molecular complexity index is 686. The van der Waals surface area contributed by atoms with E-state index in [1.165, 1.54) is 0 Å². The van der Waals surface area contributed by atoms with E-state index in [1.807, 2.05) is 23.7 Å². The summed E-state index contributed by atoms with van der Waals surface area (Å²) in [6.45, 7) is 6.88. The number of hydrogen-bond acceptors (Lipinski definition) is 5. The largest absolute Gasteiger partial charge is 0.398 e. The van der Waals surface area contributed by atoms with Crippen LogP contribution in [-0.2, 0) is 10.3 Å². The maximum absolute atomic E-state index is 6.06. The Kier molecular flexibility index (Phi) is 3.49. The second-order valence-corrected chi connectivity index (χ2v) is 6.62. The molecule has 7 heteroatoms. The van der Waals surface area contributed by atoms with E-state index >= 15 is 0 Å². The fourth-order valence-electron chi connectivity index (χ4n) is 2.73. The zero-order chi connectivity index (χ0) is 15.2. The van der Waals surface area contributed by atoms with E-state index in [1.54, 1.807) is 0 Å². The third kappa shape index (κ3) is 2.24. The Morgan fingerprint density at radius 3 is 2.90 bits per heavy atom. The molecule has 2 heterocycles. The molecule has 0 amide bonds. The Hall–Kier alpha value is -1.47. The molecule has 21 heavy (non-hydrogen) atoms. The lowest BCUT2D eigenvalue weighted by molar-refractivity contribution is 0.0706. The molecule has 3 rings (SSSR count). The minimum Gasteiger partial charge on any atom is -0.398 e. The van der Waals surface area contributed by atoms with Crippen molar-refractivity contribution in [2.24, 2.45) is 0 Å². The van der Waals surface area contributed by atoms with Gasteiger partial charge in [-0.1, -0.05) is 15.9 Å². The predicted molar refractivity (Wildman–Crippen MR) is 83.8 cm³/mol. The number of ether oxygens (including phenoxy) is 1. The van der Waals surface area contributed by atoms with E-state index in [9.17, 15) is 0 Å². The molecule has 1 saturated heterocycles. The van der Waals surface area contributed by atoms with Crippen LogP contribution in [0.15, 0.2) is 16.6 Å². The van der Waals surface area contributed by atoms with Crippen LogP contribution in [0.4, 0.5) is 5.69 Å². The molecule has 1 aliphatic rings. The summed E-state index contributed by atoms with van der Waals surface area (Å²) < 4.78 is 8.50. The summed E-state index contributed by atoms with van der Waals surface area (Å²) in [5, 5.41) is 12.3. The van der Waals surface area contributed by atoms with Crippen LogP contribution in [0.3, 0.4) is 0 Å². The summed E-state index contributed by atoms with van der Waals surface area (Å²) >= 11 is 3.48. The first-order valence-electron chi connectivity index (χ1n) is 6.90. The number of nitrogens with two attached hydrogens (primary N) is 1. The number of rotatable bonds is 2. The molecule has 6 nitrogen and oxygen atoms in total. The molecule has 1 aromatic heterocycles. The van der Waals surface area contributed by atoms with Crippen molar-refractivity contribution in [2.45, 2.75) is 38.8 Å². The monoisotopic (exact) mass is 351 g/mol. The van der Waals surface area contributed by atoms with E-state index in [-0.39, 0.29) is 11.6 Å². The van der Waals surface area contributed by atoms with Crippen LogP contribution in [-0.4, -0.2) is 32.9 Å². The van der Waals surface area contributed by atoms with Gasteiger partial charge < -0.3 is 10.5 Å². The Morgan fingerprint density at radius 1 is 1.48 bits per heavy atom. The van der Waals surface area contributed by atoms with Crippen LogP contribution < -0.4 is 5.73 Å². The third-order valence-electron chi connectivity index (χ3n) is 4.46. The Labute approximate surface area is 131 Å². The highest BCUT2D eigenvalue weighted by atomic mass is 79.9. The quantitative estimate of drug-likeness (QED) is 0.841. The number of aromatic nitrogens is 4. The summed E-state index contributed by atoms with van der Waals surface area (Å²) in [6, 6.07) is 3.88. The molecule has 2 atom stereocenters. The van der Waals surface area contributed by atoms with Gasteiger partial charge >= 0.3 is 0 Å². The van der Waals surface area contributed by atoms with Crippen molar-refractivity contribution < 1.29 is 4.74 Å². The van der Waals surface area contributed by atoms with E-state index in [0.717, 1.165) is 40.1 Å². The predicted octanol–water partition coefficient (Wildman–Crippen LogP) is 2.52. The first-order chi connectivity index (χ1) is 9.93. The molecule has 1 aliphatic heterocycles. The lowest BCUT2D eigenvalue weighted by Gasteiger charge is -2.28. The molecule has 0 saturated carbocycles. The molecule has 2 aromatic rings. The van der Waals surface area contributed by atoms with Crippen molar-refractivity contribution in [1.29, 1.82) is 0 Å². The van der Waals surface area contributed by atoms with Gasteiger partial charge in [-0.3, -0.25) is 0 Å². The van der Waals surface area contributed by atoms with Gasteiger partial charge in [0.15, 0.2) is 5.82 Å². The number of benzene rings is 1. The van der Waals surface area contributed by atoms with Crippen LogP contribution in [0.5, 0.6) is 0 Å². The van der Waals surface area contributed by atoms with Crippen molar-refractivity contribution >= 4 is 21.6 Å². The number of nitrogens with zero attached hydrogens (tertiary/aromatic N) is 4. The molecule has 1 fully saturated rings. The molecule has 0 aliphatic carbocycles. The minimum absolute atomic E-state index is 0.0598. The van der Waals surface area contributed by atoms with Crippen LogP contribution in [0.2, 0.25) is 0 Å². The molecular formula is C14H18BrN5O. The zero-order valence-electron chi connectivity index (χ0n) is 12.3. The van der Waals surface area contributed by atoms with Gasteiger partial charge in [0.05, 0.1) is 11.6 Å². The first-order valence-corrected chi connectivity index (χ1v) is 7.69. The Morgan fingerprint density at radius 2 is 2.24 bits per heavy atom. The van der Waals surface area contributed by atoms with Crippen molar-refractivity contribution in [3.63, 3.8) is 0 Å². The van der Waals surface area contributed by atoms with E-state index < -0.39 is 0 Å². The number of anilines is 1. The van der Waals surface area contributed by atoms with Gasteiger partial charge in [-0.25, -0.2) is 4.68 Å². The second kappa shape index (κ2) is 5.06. The minimum atomic E-state index is -0.248. The number of tetrazole rings is 1. The van der Waals surface area contributed by atoms with Crippen molar-refractivity contribution in [1.82, 2.24) is 20.2 Å². The maximum Gasteiger partial charge on any atom is 0.183 e. The molecule has 0 bridgehead atoms. The van der Waals surface area contributed by atoms with Crippen LogP contribution in [0, 0.1) is 6.92 Å². The topological polar surface area (TPSA) is 78.9 Å². The SMILES string of the molecule is Cc1c(N)cc(Br)cc1-c1nnnn1C1(C)CCOC1C. The summed E-state index contributed by atoms with van der Waals surface area (Å²) in [7, 11) is 0. The van der Waals surface area contributed by atoms with Crippen LogP contribution in [0.1, 0.15) is 25.8 Å². The van der Waals surface area contributed by atoms with E-state index in [0.29, 0.717) is 0 Å². The van der Waals surface area contributed by atoms with E-state index in [2.05, 4.69) is 45.3 Å². The lowest BCUT2D eigenvalue weighted by atomic mass is 9.94. The number of nitrogen functional groups attached to an aromatic ring is 1. The second-order valence-electron chi connectivity index (χ2n) is 5.70. The fourth-order valence-corrected chi connectivity index (χ4v) is 3.21. The molecule has 2 unspecified atom stereocenters. The van der Waals surface area contributed by atoms with Crippen LogP contribution >= 0.6 is 15.9 Å². The molecule has 0 radical (unpaired) electrons. The average Bonchev–Trinajstić information content (AvgIpc) is 3.03. The number of halogens is 1. The molecule has 112 valence electrons. The molecule has 1 aromatic carbocycles. The van der Waals surface area contributed by atoms with Crippen molar-refractivity contribution in [2.75, 3.05) is 12.3 Å². The normalized spacial score (nSPS) is 25.4. The van der Waals surface area contributed by atoms with Crippen molar-refractivity contribution in [3.8, 4) is 11.4 Å². The summed E-state index contributed by atoms with van der Waals surface area (Å²) in [4.78, 5) is 0. The standard InChI is InChI=1S/C14H18BrN5O/c1-8-11(6-10(15)7-12(8)16)13-17-18-19-20(13)14(3)4-5-21-9(14)2/h6-7,9H,4-5,16H2,1-3H3. The lowest BCUT2D eigenvalue weighted by Crippen LogP contribution is -2.38. The first kappa shape index (κ1) is 14.5. The highest BCUT2D eigenvalue weighted by Gasteiger charge is 2.42. The molecular weight excluding hydrogens is 334 g/mol. The summed E-state index contributed by atoms with van der Waals surface area (Å²) in [5.74, 6) is 0.723. The van der Waals surface area contributed by atoms with Gasteiger partial charge in [-0.15, -0.1) is 5.10 Å². The maximum atomic E-state index is 6.06. The Balaban J connectivity index is 2.16. The summed E-state index contributed by atoms with van der Waals surface area (Å²) in [6.07, 6.45) is 0.943. The molecule has 2 N–H and O–H groups in total. The highest BCUT2D eigenvalue weighted by Crippen LogP contribution is 2.37. The van der Waals surface area contributed by atoms with Gasteiger partial charge in [0.1, 0.15) is 0 Å². The van der Waals surface area contributed by atoms with Gasteiger partial charge in [0, 0.05) is 22.3 Å². The van der Waals surface area contributed by atoms with E-state index in [4.69, 9.17) is 10.5 Å². The number of hydrogen-bond donors (Lipinski definition) is 1. The smallest absolute Gasteiger partial charge is 0.183 e.